The van der Waals surface area contributed by atoms with E-state index in [9.17, 15) is 14.7 Å². The van der Waals surface area contributed by atoms with E-state index in [0.717, 1.165) is 16.7 Å². The lowest BCUT2D eigenvalue weighted by Gasteiger charge is -2.17. The van der Waals surface area contributed by atoms with Crippen molar-refractivity contribution in [3.8, 4) is 0 Å². The lowest BCUT2D eigenvalue weighted by atomic mass is 9.96. The Hall–Kier alpha value is -1.88. The molecule has 0 aliphatic carbocycles. The van der Waals surface area contributed by atoms with Gasteiger partial charge in [0.1, 0.15) is 12.6 Å². The summed E-state index contributed by atoms with van der Waals surface area (Å²) in [6.45, 7) is 3.72. The van der Waals surface area contributed by atoms with Gasteiger partial charge in [0.15, 0.2) is 0 Å². The highest BCUT2D eigenvalue weighted by Crippen LogP contribution is 2.15. The molecule has 1 rings (SSSR count). The van der Waals surface area contributed by atoms with E-state index in [1.54, 1.807) is 0 Å². The number of ether oxygens (including phenoxy) is 1. The zero-order valence-electron chi connectivity index (χ0n) is 11.4. The Morgan fingerprint density at radius 3 is 2.37 bits per heavy atom. The highest BCUT2D eigenvalue weighted by molar-refractivity contribution is 5.84. The number of carboxylic acid groups (broad SMARTS) is 1. The van der Waals surface area contributed by atoms with Crippen molar-refractivity contribution in [1.82, 2.24) is 5.32 Å². The van der Waals surface area contributed by atoms with Crippen LogP contribution < -0.4 is 5.32 Å². The molecular weight excluding hydrogens is 246 g/mol. The first-order valence-electron chi connectivity index (χ1n) is 6.02. The molecule has 0 radical (unpaired) electrons. The van der Waals surface area contributed by atoms with Crippen LogP contribution in [0.2, 0.25) is 0 Å². The van der Waals surface area contributed by atoms with Gasteiger partial charge in [-0.3, -0.25) is 4.79 Å². The molecule has 0 unspecified atom stereocenters. The Morgan fingerprint density at radius 1 is 1.32 bits per heavy atom. The predicted molar refractivity (Wildman–Crippen MR) is 71.1 cm³/mol. The monoisotopic (exact) mass is 265 g/mol. The number of aliphatic carboxylic acids is 1. The van der Waals surface area contributed by atoms with Gasteiger partial charge in [-0.25, -0.2) is 4.79 Å². The van der Waals surface area contributed by atoms with Gasteiger partial charge in [0, 0.05) is 13.5 Å². The van der Waals surface area contributed by atoms with Crippen LogP contribution in [0.1, 0.15) is 16.7 Å². The minimum atomic E-state index is -1.05. The smallest absolute Gasteiger partial charge is 0.326 e. The Labute approximate surface area is 112 Å². The number of amides is 1. The summed E-state index contributed by atoms with van der Waals surface area (Å²) in [4.78, 5) is 22.6. The van der Waals surface area contributed by atoms with Gasteiger partial charge in [0.2, 0.25) is 5.91 Å². The van der Waals surface area contributed by atoms with Crippen molar-refractivity contribution in [3.05, 3.63) is 34.9 Å². The lowest BCUT2D eigenvalue weighted by Crippen LogP contribution is -2.44. The van der Waals surface area contributed by atoms with E-state index in [4.69, 9.17) is 0 Å². The highest BCUT2D eigenvalue weighted by Gasteiger charge is 2.21. The molecule has 1 atom stereocenters. The van der Waals surface area contributed by atoms with Gasteiger partial charge in [-0.2, -0.15) is 0 Å². The Kier molecular flexibility index (Phi) is 5.51. The average Bonchev–Trinajstić information content (AvgIpc) is 2.32. The molecule has 5 heteroatoms. The van der Waals surface area contributed by atoms with Crippen LogP contribution >= 0.6 is 0 Å². The quantitative estimate of drug-likeness (QED) is 0.806. The van der Waals surface area contributed by atoms with Gasteiger partial charge >= 0.3 is 5.97 Å². The summed E-state index contributed by atoms with van der Waals surface area (Å²) in [5, 5.41) is 11.6. The molecule has 5 nitrogen and oxygen atoms in total. The molecule has 1 aromatic rings. The first-order valence-corrected chi connectivity index (χ1v) is 6.02. The summed E-state index contributed by atoms with van der Waals surface area (Å²) in [5.41, 5.74) is 2.99. The Bertz CT molecular complexity index is 450. The van der Waals surface area contributed by atoms with Crippen LogP contribution in [0.15, 0.2) is 18.2 Å². The van der Waals surface area contributed by atoms with Gasteiger partial charge < -0.3 is 15.2 Å². The molecule has 0 saturated carbocycles. The number of carbonyl (C=O) groups is 2. The molecule has 0 aliphatic heterocycles. The maximum Gasteiger partial charge on any atom is 0.326 e. The fraction of sp³-hybridized carbons (Fsp3) is 0.429. The maximum absolute atomic E-state index is 11.4. The van der Waals surface area contributed by atoms with Crippen LogP contribution in [-0.2, 0) is 20.7 Å². The lowest BCUT2D eigenvalue weighted by molar-refractivity contribution is -0.142. The number of methoxy groups -OCH3 is 1. The summed E-state index contributed by atoms with van der Waals surface area (Å²) in [6, 6.07) is 4.84. The van der Waals surface area contributed by atoms with E-state index in [0.29, 0.717) is 0 Å². The summed E-state index contributed by atoms with van der Waals surface area (Å²) in [7, 11) is 1.39. The summed E-state index contributed by atoms with van der Waals surface area (Å²) in [5.74, 6) is -1.48. The van der Waals surface area contributed by atoms with Crippen LogP contribution in [0.4, 0.5) is 0 Å². The van der Waals surface area contributed by atoms with Gasteiger partial charge in [-0.05, 0) is 30.5 Å². The van der Waals surface area contributed by atoms with E-state index in [-0.39, 0.29) is 13.0 Å². The predicted octanol–water partition coefficient (Wildman–Crippen LogP) is 1.06. The van der Waals surface area contributed by atoms with Crippen molar-refractivity contribution in [2.75, 3.05) is 13.7 Å². The second-order valence-electron chi connectivity index (χ2n) is 4.47. The standard InChI is InChI=1S/C14H19NO4/c1-9-5-4-6-10(2)11(9)7-12(14(17)18)15-13(16)8-19-3/h4-6,12H,7-8H2,1-3H3,(H,15,16)(H,17,18)/t12-/m1/s1. The second-order valence-corrected chi connectivity index (χ2v) is 4.47. The molecule has 0 bridgehead atoms. The van der Waals surface area contributed by atoms with E-state index in [1.165, 1.54) is 7.11 Å². The van der Waals surface area contributed by atoms with E-state index < -0.39 is 17.9 Å². The minimum Gasteiger partial charge on any atom is -0.480 e. The van der Waals surface area contributed by atoms with Crippen LogP contribution in [-0.4, -0.2) is 36.7 Å². The molecule has 19 heavy (non-hydrogen) atoms. The fourth-order valence-electron chi connectivity index (χ4n) is 1.94. The number of carbonyl (C=O) groups excluding carboxylic acids is 1. The third-order valence-electron chi connectivity index (χ3n) is 2.96. The number of hydrogen-bond donors (Lipinski definition) is 2. The molecule has 2 N–H and O–H groups in total. The van der Waals surface area contributed by atoms with E-state index >= 15 is 0 Å². The maximum atomic E-state index is 11.4. The zero-order chi connectivity index (χ0) is 14.4. The number of hydrogen-bond acceptors (Lipinski definition) is 3. The first kappa shape index (κ1) is 15.2. The van der Waals surface area contributed by atoms with Crippen molar-refractivity contribution in [1.29, 1.82) is 0 Å². The third-order valence-corrected chi connectivity index (χ3v) is 2.96. The number of benzene rings is 1. The minimum absolute atomic E-state index is 0.142. The van der Waals surface area contributed by atoms with Gasteiger partial charge in [-0.15, -0.1) is 0 Å². The highest BCUT2D eigenvalue weighted by atomic mass is 16.5. The second kappa shape index (κ2) is 6.89. The van der Waals surface area contributed by atoms with Crippen molar-refractivity contribution in [3.63, 3.8) is 0 Å². The van der Waals surface area contributed by atoms with Crippen LogP contribution in [0.3, 0.4) is 0 Å². The van der Waals surface area contributed by atoms with Crippen molar-refractivity contribution >= 4 is 11.9 Å². The molecule has 0 spiro atoms. The summed E-state index contributed by atoms with van der Waals surface area (Å²) >= 11 is 0. The first-order chi connectivity index (χ1) is 8.95. The van der Waals surface area contributed by atoms with Gasteiger partial charge in [0.25, 0.3) is 0 Å². The molecule has 0 saturated heterocycles. The number of rotatable bonds is 6. The average molecular weight is 265 g/mol. The van der Waals surface area contributed by atoms with Crippen LogP contribution in [0.5, 0.6) is 0 Å². The third kappa shape index (κ3) is 4.37. The van der Waals surface area contributed by atoms with Crippen LogP contribution in [0, 0.1) is 13.8 Å². The molecule has 104 valence electrons. The number of aryl methyl sites for hydroxylation is 2. The number of carboxylic acids is 1. The molecule has 0 aliphatic rings. The van der Waals surface area contributed by atoms with Crippen molar-refractivity contribution in [2.24, 2.45) is 0 Å². The summed E-state index contributed by atoms with van der Waals surface area (Å²) < 4.78 is 4.68. The van der Waals surface area contributed by atoms with Gasteiger partial charge in [0.05, 0.1) is 0 Å². The zero-order valence-corrected chi connectivity index (χ0v) is 11.4. The molecular formula is C14H19NO4. The van der Waals surface area contributed by atoms with E-state index in [2.05, 4.69) is 10.1 Å². The normalized spacial score (nSPS) is 11.9. The molecule has 0 aromatic heterocycles. The molecule has 0 heterocycles. The topological polar surface area (TPSA) is 75.6 Å². The Morgan fingerprint density at radius 2 is 1.89 bits per heavy atom. The Balaban J connectivity index is 2.84. The largest absolute Gasteiger partial charge is 0.480 e. The molecule has 1 aromatic carbocycles. The van der Waals surface area contributed by atoms with Crippen molar-refractivity contribution < 1.29 is 19.4 Å². The number of nitrogens with one attached hydrogen (secondary N) is 1. The van der Waals surface area contributed by atoms with Crippen molar-refractivity contribution in [2.45, 2.75) is 26.3 Å². The SMILES string of the molecule is COCC(=O)N[C@H](Cc1c(C)cccc1C)C(=O)O. The van der Waals surface area contributed by atoms with Gasteiger partial charge in [-0.1, -0.05) is 18.2 Å². The molecule has 1 amide bonds. The fourth-order valence-corrected chi connectivity index (χ4v) is 1.94. The molecule has 0 fully saturated rings. The van der Waals surface area contributed by atoms with Crippen LogP contribution in [0.25, 0.3) is 0 Å². The summed E-state index contributed by atoms with van der Waals surface area (Å²) in [6.07, 6.45) is 0.267. The van der Waals surface area contributed by atoms with E-state index in [1.807, 2.05) is 32.0 Å².